The second-order valence-corrected chi connectivity index (χ2v) is 8.41. The predicted molar refractivity (Wildman–Crippen MR) is 80.2 cm³/mol. The Hall–Kier alpha value is -0.800. The molecule has 0 radical (unpaired) electrons. The van der Waals surface area contributed by atoms with Crippen molar-refractivity contribution in [3.63, 3.8) is 0 Å². The van der Waals surface area contributed by atoms with Crippen LogP contribution in [0.4, 0.5) is 0 Å². The monoisotopic (exact) mass is 342 g/mol. The molecule has 0 heterocycles. The van der Waals surface area contributed by atoms with Gasteiger partial charge in [0.15, 0.2) is 0 Å². The molecule has 0 aliphatic carbocycles. The number of rotatable bonds is 11. The molecule has 9 heteroatoms. The van der Waals surface area contributed by atoms with Gasteiger partial charge in [-0.25, -0.2) is 0 Å². The molecule has 0 amide bonds. The molecule has 0 spiro atoms. The summed E-state index contributed by atoms with van der Waals surface area (Å²) < 4.78 is 29.8. The third-order valence-corrected chi connectivity index (χ3v) is 5.34. The van der Waals surface area contributed by atoms with Gasteiger partial charge in [0.05, 0.1) is 12.2 Å². The van der Waals surface area contributed by atoms with Gasteiger partial charge in [0.25, 0.3) is 10.1 Å². The van der Waals surface area contributed by atoms with Crippen molar-refractivity contribution >= 4 is 33.8 Å². The lowest BCUT2D eigenvalue weighted by Crippen LogP contribution is -2.24. The first-order valence-corrected chi connectivity index (χ1v) is 9.10. The number of hydrogen-bond donors (Lipinski definition) is 3. The summed E-state index contributed by atoms with van der Waals surface area (Å²) in [4.78, 5) is 21.5. The van der Waals surface area contributed by atoms with Crippen LogP contribution < -0.4 is 0 Å². The molecular weight excluding hydrogens is 320 g/mol. The third kappa shape index (κ3) is 11.5. The van der Waals surface area contributed by atoms with Gasteiger partial charge in [-0.15, -0.1) is 11.8 Å². The van der Waals surface area contributed by atoms with Gasteiger partial charge in [-0.1, -0.05) is 20.3 Å². The maximum absolute atomic E-state index is 10.9. The molecule has 1 atom stereocenters. The minimum Gasteiger partial charge on any atom is -0.481 e. The van der Waals surface area contributed by atoms with E-state index in [1.165, 1.54) is 0 Å². The maximum atomic E-state index is 10.9. The minimum atomic E-state index is -3.94. The SMILES string of the molecule is CC(C)(CCCCS(=O)(=O)O)CSC(CC(=O)O)C(=O)O. The highest BCUT2D eigenvalue weighted by molar-refractivity contribution is 8.00. The summed E-state index contributed by atoms with van der Waals surface area (Å²) in [7, 11) is -3.94. The average molecular weight is 342 g/mol. The van der Waals surface area contributed by atoms with Crippen LogP contribution >= 0.6 is 11.8 Å². The average Bonchev–Trinajstić information content (AvgIpc) is 2.28. The Balaban J connectivity index is 4.20. The van der Waals surface area contributed by atoms with Crippen LogP contribution in [0.1, 0.15) is 39.5 Å². The molecule has 0 rings (SSSR count). The van der Waals surface area contributed by atoms with E-state index in [2.05, 4.69) is 0 Å². The number of hydrogen-bond acceptors (Lipinski definition) is 5. The highest BCUT2D eigenvalue weighted by atomic mass is 32.2. The standard InChI is InChI=1S/C12H22O7S2/c1-12(2,5-3-4-6-21(17,18)19)8-20-9(11(15)16)7-10(13)14/h9H,3-8H2,1-2H3,(H,13,14)(H,15,16)(H,17,18,19). The van der Waals surface area contributed by atoms with Gasteiger partial charge < -0.3 is 10.2 Å². The van der Waals surface area contributed by atoms with Gasteiger partial charge in [-0.05, 0) is 24.0 Å². The summed E-state index contributed by atoms with van der Waals surface area (Å²) >= 11 is 1.08. The van der Waals surface area contributed by atoms with Crippen molar-refractivity contribution < 1.29 is 32.8 Å². The van der Waals surface area contributed by atoms with Crippen molar-refractivity contribution in [1.82, 2.24) is 0 Å². The molecule has 0 fully saturated rings. The van der Waals surface area contributed by atoms with Crippen molar-refractivity contribution in [2.24, 2.45) is 5.41 Å². The Kier molecular flexibility index (Phi) is 8.27. The summed E-state index contributed by atoms with van der Waals surface area (Å²) in [6, 6.07) is 0. The quantitative estimate of drug-likeness (QED) is 0.382. The van der Waals surface area contributed by atoms with Crippen molar-refractivity contribution in [3.8, 4) is 0 Å². The first kappa shape index (κ1) is 20.2. The molecule has 0 aromatic rings. The van der Waals surface area contributed by atoms with Crippen molar-refractivity contribution in [3.05, 3.63) is 0 Å². The second kappa shape index (κ2) is 8.60. The smallest absolute Gasteiger partial charge is 0.317 e. The zero-order valence-corrected chi connectivity index (χ0v) is 13.7. The zero-order chi connectivity index (χ0) is 16.7. The van der Waals surface area contributed by atoms with E-state index < -0.39 is 33.7 Å². The van der Waals surface area contributed by atoms with Crippen LogP contribution in [0.5, 0.6) is 0 Å². The fourth-order valence-electron chi connectivity index (χ4n) is 1.66. The fraction of sp³-hybridized carbons (Fsp3) is 0.833. The van der Waals surface area contributed by atoms with Crippen molar-refractivity contribution in [2.75, 3.05) is 11.5 Å². The second-order valence-electron chi connectivity index (χ2n) is 5.64. The molecule has 3 N–H and O–H groups in total. The Morgan fingerprint density at radius 3 is 2.19 bits per heavy atom. The maximum Gasteiger partial charge on any atom is 0.317 e. The largest absolute Gasteiger partial charge is 0.481 e. The topological polar surface area (TPSA) is 129 Å². The van der Waals surface area contributed by atoms with Gasteiger partial charge in [-0.2, -0.15) is 8.42 Å². The Morgan fingerprint density at radius 2 is 1.76 bits per heavy atom. The fourth-order valence-corrected chi connectivity index (χ4v) is 3.43. The van der Waals surface area contributed by atoms with Crippen LogP contribution in [0, 0.1) is 5.41 Å². The summed E-state index contributed by atoms with van der Waals surface area (Å²) in [6.45, 7) is 3.82. The summed E-state index contributed by atoms with van der Waals surface area (Å²) in [5, 5.41) is 16.6. The number of aliphatic carboxylic acids is 2. The molecule has 0 aromatic heterocycles. The molecule has 0 aliphatic heterocycles. The van der Waals surface area contributed by atoms with Crippen LogP contribution in [0.2, 0.25) is 0 Å². The molecule has 0 saturated heterocycles. The molecule has 7 nitrogen and oxygen atoms in total. The first-order valence-electron chi connectivity index (χ1n) is 6.44. The van der Waals surface area contributed by atoms with Gasteiger partial charge in [0.1, 0.15) is 5.25 Å². The summed E-state index contributed by atoms with van der Waals surface area (Å²) in [6.07, 6.45) is 1.15. The third-order valence-electron chi connectivity index (χ3n) is 2.82. The number of carboxylic acid groups (broad SMARTS) is 2. The van der Waals surface area contributed by atoms with Crippen LogP contribution in [-0.2, 0) is 19.7 Å². The number of carboxylic acids is 2. The van der Waals surface area contributed by atoms with Crippen molar-refractivity contribution in [1.29, 1.82) is 0 Å². The predicted octanol–water partition coefficient (Wildman–Crippen LogP) is 1.73. The van der Waals surface area contributed by atoms with Gasteiger partial charge >= 0.3 is 11.9 Å². The van der Waals surface area contributed by atoms with Crippen LogP contribution in [0.3, 0.4) is 0 Å². The lowest BCUT2D eigenvalue weighted by molar-refractivity contribution is -0.142. The number of thioether (sulfide) groups is 1. The van der Waals surface area contributed by atoms with E-state index in [-0.39, 0.29) is 11.2 Å². The highest BCUT2D eigenvalue weighted by Gasteiger charge is 2.26. The Morgan fingerprint density at radius 1 is 1.19 bits per heavy atom. The van der Waals surface area contributed by atoms with Crippen LogP contribution in [-0.4, -0.2) is 51.9 Å². The van der Waals surface area contributed by atoms with Gasteiger partial charge in [0.2, 0.25) is 0 Å². The number of unbranched alkanes of at least 4 members (excludes halogenated alkanes) is 1. The number of carbonyl (C=O) groups is 2. The Labute approximate surface area is 128 Å². The molecule has 0 aromatic carbocycles. The van der Waals surface area contributed by atoms with E-state index in [9.17, 15) is 18.0 Å². The van der Waals surface area contributed by atoms with E-state index in [1.807, 2.05) is 13.8 Å². The minimum absolute atomic E-state index is 0.240. The van der Waals surface area contributed by atoms with Crippen LogP contribution in [0.15, 0.2) is 0 Å². The van der Waals surface area contributed by atoms with E-state index in [1.54, 1.807) is 0 Å². The molecule has 0 saturated carbocycles. The Bertz CT molecular complexity index is 456. The normalized spacial score (nSPS) is 13.9. The highest BCUT2D eigenvalue weighted by Crippen LogP contribution is 2.31. The lowest BCUT2D eigenvalue weighted by Gasteiger charge is -2.25. The summed E-state index contributed by atoms with van der Waals surface area (Å²) in [5.74, 6) is -2.12. The van der Waals surface area contributed by atoms with E-state index in [0.717, 1.165) is 11.8 Å². The van der Waals surface area contributed by atoms with E-state index in [4.69, 9.17) is 14.8 Å². The molecule has 0 bridgehead atoms. The van der Waals surface area contributed by atoms with Gasteiger partial charge in [-0.3, -0.25) is 14.1 Å². The molecule has 124 valence electrons. The summed E-state index contributed by atoms with van der Waals surface area (Å²) in [5.41, 5.74) is -0.240. The molecule has 21 heavy (non-hydrogen) atoms. The van der Waals surface area contributed by atoms with E-state index in [0.29, 0.717) is 25.0 Å². The van der Waals surface area contributed by atoms with Crippen LogP contribution in [0.25, 0.3) is 0 Å². The van der Waals surface area contributed by atoms with Crippen molar-refractivity contribution in [2.45, 2.75) is 44.8 Å². The van der Waals surface area contributed by atoms with E-state index >= 15 is 0 Å². The first-order chi connectivity index (χ1) is 9.43. The zero-order valence-electron chi connectivity index (χ0n) is 12.1. The molecular formula is C12H22O7S2. The molecule has 0 aliphatic rings. The van der Waals surface area contributed by atoms with Gasteiger partial charge in [0, 0.05) is 0 Å². The lowest BCUT2D eigenvalue weighted by atomic mass is 9.90. The molecule has 1 unspecified atom stereocenters.